The lowest BCUT2D eigenvalue weighted by Gasteiger charge is -2.15. The van der Waals surface area contributed by atoms with E-state index in [1.165, 1.54) is 0 Å². The van der Waals surface area contributed by atoms with Gasteiger partial charge in [0.2, 0.25) is 5.91 Å². The molecule has 0 spiro atoms. The van der Waals surface area contributed by atoms with Crippen molar-refractivity contribution in [2.45, 2.75) is 19.3 Å². The van der Waals surface area contributed by atoms with Crippen LogP contribution in [0.2, 0.25) is 5.02 Å². The van der Waals surface area contributed by atoms with E-state index in [4.69, 9.17) is 16.7 Å². The Morgan fingerprint density at radius 3 is 2.81 bits per heavy atom. The van der Waals surface area contributed by atoms with Crippen LogP contribution in [-0.4, -0.2) is 48.6 Å². The van der Waals surface area contributed by atoms with Gasteiger partial charge in [0.25, 0.3) is 0 Å². The Hall–Kier alpha value is -1.59. The summed E-state index contributed by atoms with van der Waals surface area (Å²) >= 11 is 5.89. The molecule has 0 aromatic heterocycles. The first-order valence-corrected chi connectivity index (χ1v) is 7.26. The number of carboxylic acid groups (broad SMARTS) is 1. The van der Waals surface area contributed by atoms with Gasteiger partial charge < -0.3 is 10.4 Å². The molecule has 21 heavy (non-hydrogen) atoms. The summed E-state index contributed by atoms with van der Waals surface area (Å²) in [6.45, 7) is 1.42. The van der Waals surface area contributed by atoms with Crippen LogP contribution in [0.5, 0.6) is 0 Å². The Morgan fingerprint density at radius 1 is 1.38 bits per heavy atom. The Morgan fingerprint density at radius 2 is 2.14 bits per heavy atom. The van der Waals surface area contributed by atoms with Crippen LogP contribution in [0, 0.1) is 0 Å². The molecule has 0 aliphatic rings. The van der Waals surface area contributed by atoms with Crippen LogP contribution in [0.4, 0.5) is 0 Å². The predicted molar refractivity (Wildman–Crippen MR) is 82.5 cm³/mol. The molecular weight excluding hydrogens is 292 g/mol. The van der Waals surface area contributed by atoms with Gasteiger partial charge in [0.05, 0.1) is 6.54 Å². The van der Waals surface area contributed by atoms with Crippen LogP contribution in [0.1, 0.15) is 18.4 Å². The monoisotopic (exact) mass is 312 g/mol. The number of nitrogens with one attached hydrogen (secondary N) is 1. The van der Waals surface area contributed by atoms with E-state index < -0.39 is 5.97 Å². The summed E-state index contributed by atoms with van der Waals surface area (Å²) in [5.41, 5.74) is 1.08. The minimum Gasteiger partial charge on any atom is -0.481 e. The topological polar surface area (TPSA) is 69.6 Å². The number of carbonyl (C=O) groups is 2. The van der Waals surface area contributed by atoms with Crippen LogP contribution in [0.15, 0.2) is 24.3 Å². The molecule has 116 valence electrons. The molecule has 1 aromatic carbocycles. The zero-order valence-electron chi connectivity index (χ0n) is 12.1. The molecule has 0 saturated carbocycles. The van der Waals surface area contributed by atoms with Crippen LogP contribution in [0.3, 0.4) is 0 Å². The number of carboxylic acids is 1. The van der Waals surface area contributed by atoms with Gasteiger partial charge in [-0.05, 0) is 44.1 Å². The molecule has 0 aliphatic carbocycles. The van der Waals surface area contributed by atoms with Gasteiger partial charge in [-0.25, -0.2) is 0 Å². The van der Waals surface area contributed by atoms with E-state index in [1.807, 2.05) is 29.2 Å². The van der Waals surface area contributed by atoms with Crippen molar-refractivity contribution < 1.29 is 14.7 Å². The maximum absolute atomic E-state index is 11.7. The lowest BCUT2D eigenvalue weighted by molar-refractivity contribution is -0.137. The SMILES string of the molecule is CN(CCCC(=O)O)CC(=O)NCCc1cccc(Cl)c1. The summed E-state index contributed by atoms with van der Waals surface area (Å²) < 4.78 is 0. The van der Waals surface area contributed by atoms with E-state index >= 15 is 0 Å². The number of nitrogens with zero attached hydrogens (tertiary/aromatic N) is 1. The maximum atomic E-state index is 11.7. The largest absolute Gasteiger partial charge is 0.481 e. The molecule has 0 unspecified atom stereocenters. The average Bonchev–Trinajstić information content (AvgIpc) is 2.38. The van der Waals surface area contributed by atoms with Crippen molar-refractivity contribution in [3.8, 4) is 0 Å². The molecule has 1 amide bonds. The summed E-state index contributed by atoms with van der Waals surface area (Å²) in [6, 6.07) is 7.55. The number of likely N-dealkylation sites (N-methyl/N-ethyl adjacent to an activating group) is 1. The molecule has 5 nitrogen and oxygen atoms in total. The highest BCUT2D eigenvalue weighted by molar-refractivity contribution is 6.30. The van der Waals surface area contributed by atoms with Crippen molar-refractivity contribution in [2.75, 3.05) is 26.7 Å². The third-order valence-corrected chi connectivity index (χ3v) is 3.20. The van der Waals surface area contributed by atoms with Gasteiger partial charge in [-0.15, -0.1) is 0 Å². The summed E-state index contributed by atoms with van der Waals surface area (Å²) in [6.07, 6.45) is 1.40. The molecule has 1 aromatic rings. The number of halogens is 1. The van der Waals surface area contributed by atoms with Gasteiger partial charge in [0.1, 0.15) is 0 Å². The van der Waals surface area contributed by atoms with Crippen LogP contribution in [0.25, 0.3) is 0 Å². The fourth-order valence-electron chi connectivity index (χ4n) is 1.92. The number of amides is 1. The van der Waals surface area contributed by atoms with Crippen molar-refractivity contribution in [1.29, 1.82) is 0 Å². The van der Waals surface area contributed by atoms with Crippen LogP contribution >= 0.6 is 11.6 Å². The fraction of sp³-hybridized carbons (Fsp3) is 0.467. The first-order valence-electron chi connectivity index (χ1n) is 6.89. The van der Waals surface area contributed by atoms with Crippen molar-refractivity contribution in [1.82, 2.24) is 10.2 Å². The van der Waals surface area contributed by atoms with Crippen molar-refractivity contribution in [2.24, 2.45) is 0 Å². The second-order valence-corrected chi connectivity index (χ2v) is 5.40. The van der Waals surface area contributed by atoms with Gasteiger partial charge in [-0.3, -0.25) is 14.5 Å². The van der Waals surface area contributed by atoms with E-state index in [0.29, 0.717) is 24.5 Å². The highest BCUT2D eigenvalue weighted by Crippen LogP contribution is 2.10. The number of hydrogen-bond acceptors (Lipinski definition) is 3. The van der Waals surface area contributed by atoms with E-state index in [2.05, 4.69) is 5.32 Å². The van der Waals surface area contributed by atoms with E-state index in [9.17, 15) is 9.59 Å². The summed E-state index contributed by atoms with van der Waals surface area (Å²) in [7, 11) is 1.80. The van der Waals surface area contributed by atoms with E-state index in [0.717, 1.165) is 12.0 Å². The van der Waals surface area contributed by atoms with Crippen molar-refractivity contribution in [3.63, 3.8) is 0 Å². The summed E-state index contributed by atoms with van der Waals surface area (Å²) in [4.78, 5) is 23.9. The highest BCUT2D eigenvalue weighted by atomic mass is 35.5. The zero-order valence-corrected chi connectivity index (χ0v) is 12.9. The standard InChI is InChI=1S/C15H21ClN2O3/c1-18(9-3-6-15(20)21)11-14(19)17-8-7-12-4-2-5-13(16)10-12/h2,4-5,10H,3,6-9,11H2,1H3,(H,17,19)(H,20,21). The number of carbonyl (C=O) groups excluding carboxylic acids is 1. The molecule has 1 rings (SSSR count). The van der Waals surface area contributed by atoms with Gasteiger partial charge in [0.15, 0.2) is 0 Å². The molecule has 0 aliphatic heterocycles. The zero-order chi connectivity index (χ0) is 15.7. The highest BCUT2D eigenvalue weighted by Gasteiger charge is 2.07. The second-order valence-electron chi connectivity index (χ2n) is 4.96. The maximum Gasteiger partial charge on any atom is 0.303 e. The van der Waals surface area contributed by atoms with Crippen LogP contribution < -0.4 is 5.32 Å². The molecule has 0 bridgehead atoms. The van der Waals surface area contributed by atoms with Crippen molar-refractivity contribution in [3.05, 3.63) is 34.9 Å². The van der Waals surface area contributed by atoms with Gasteiger partial charge >= 0.3 is 5.97 Å². The lowest BCUT2D eigenvalue weighted by Crippen LogP contribution is -2.36. The fourth-order valence-corrected chi connectivity index (χ4v) is 2.13. The molecule has 0 fully saturated rings. The molecule has 0 atom stereocenters. The minimum atomic E-state index is -0.811. The van der Waals surface area contributed by atoms with E-state index in [-0.39, 0.29) is 18.9 Å². The van der Waals surface area contributed by atoms with Crippen molar-refractivity contribution >= 4 is 23.5 Å². The third kappa shape index (κ3) is 8.32. The third-order valence-electron chi connectivity index (χ3n) is 2.97. The summed E-state index contributed by atoms with van der Waals surface area (Å²) in [5.74, 6) is -0.871. The number of benzene rings is 1. The molecular formula is C15H21ClN2O3. The smallest absolute Gasteiger partial charge is 0.303 e. The Kier molecular flexibility index (Phi) is 7.79. The molecule has 6 heteroatoms. The molecule has 0 saturated heterocycles. The van der Waals surface area contributed by atoms with Gasteiger partial charge in [-0.2, -0.15) is 0 Å². The summed E-state index contributed by atoms with van der Waals surface area (Å²) in [5, 5.41) is 12.1. The Labute approximate surface area is 129 Å². The molecule has 2 N–H and O–H groups in total. The first-order chi connectivity index (χ1) is 9.97. The molecule has 0 heterocycles. The van der Waals surface area contributed by atoms with Crippen LogP contribution in [-0.2, 0) is 16.0 Å². The van der Waals surface area contributed by atoms with Gasteiger partial charge in [0, 0.05) is 18.0 Å². The number of hydrogen-bond donors (Lipinski definition) is 2. The first kappa shape index (κ1) is 17.5. The minimum absolute atomic E-state index is 0.0603. The van der Waals surface area contributed by atoms with E-state index in [1.54, 1.807) is 7.05 Å². The average molecular weight is 313 g/mol. The second kappa shape index (κ2) is 9.37. The quantitative estimate of drug-likeness (QED) is 0.729. The Bertz CT molecular complexity index is 480. The molecule has 0 radical (unpaired) electrons. The number of rotatable bonds is 9. The predicted octanol–water partition coefficient (Wildman–Crippen LogP) is 1.80. The Balaban J connectivity index is 2.17. The number of aliphatic carboxylic acids is 1. The normalized spacial score (nSPS) is 10.6. The lowest BCUT2D eigenvalue weighted by atomic mass is 10.1. The van der Waals surface area contributed by atoms with Gasteiger partial charge in [-0.1, -0.05) is 23.7 Å².